The van der Waals surface area contributed by atoms with Crippen LogP contribution in [0.4, 0.5) is 0 Å². The average molecular weight is 1420 g/mol. The maximum absolute atomic E-state index is 13.1. The normalized spacial score (nSPS) is 14.5. The third-order valence-corrected chi connectivity index (χ3v) is 17.9. The first-order valence-electron chi connectivity index (χ1n) is 38.5. The van der Waals surface area contributed by atoms with Gasteiger partial charge in [0.2, 0.25) is 0 Å². The molecular formula is C79H138O17P2. The topological polar surface area (TPSA) is 237 Å². The Morgan fingerprint density at radius 1 is 0.296 bits per heavy atom. The standard InChI is InChI=1S/C79H138O17P2/c1-5-9-13-17-21-25-29-33-35-36-38-41-44-48-52-56-60-64-77(82)90-70-75(96-79(84)66-62-58-54-50-46-42-37-34-30-26-22-18-14-10-6-2)72-94-98(87,88)92-68-73(80)67-91-97(85,86)93-71-74(95-78(83)65-61-57-53-49-45-40-32-28-24-20-16-12-8-4)69-89-76(81)63-59-55-51-47-43-39-31-27-23-19-15-11-7-3/h9,13,15,19,21,25,27-28,31-35,37-38,41,73-75,80H,5-8,10-12,14,16-18,20,22-24,26,29-30,36,39-40,42-72H2,1-4H3,(H,85,86)(H,87,88)/b13-9-,19-15-,25-21-,31-27-,32-28-,35-33-,37-34-,41-38-. The number of hydrogen-bond acceptors (Lipinski definition) is 15. The molecule has 0 bridgehead atoms. The van der Waals surface area contributed by atoms with Crippen LogP contribution in [0.5, 0.6) is 0 Å². The van der Waals surface area contributed by atoms with Crippen molar-refractivity contribution in [3.05, 3.63) is 97.2 Å². The molecule has 5 atom stereocenters. The monoisotopic (exact) mass is 1420 g/mol. The molecule has 0 aliphatic rings. The van der Waals surface area contributed by atoms with Crippen molar-refractivity contribution < 1.29 is 80.2 Å². The molecule has 0 rings (SSSR count). The summed E-state index contributed by atoms with van der Waals surface area (Å²) in [5.74, 6) is -2.22. The van der Waals surface area contributed by atoms with Crippen LogP contribution in [0.3, 0.4) is 0 Å². The summed E-state index contributed by atoms with van der Waals surface area (Å²) >= 11 is 0. The van der Waals surface area contributed by atoms with Gasteiger partial charge in [0.05, 0.1) is 26.4 Å². The van der Waals surface area contributed by atoms with E-state index in [0.717, 1.165) is 180 Å². The van der Waals surface area contributed by atoms with Crippen molar-refractivity contribution in [1.29, 1.82) is 0 Å². The number of unbranched alkanes of at least 4 members (excludes halogenated alkanes) is 30. The van der Waals surface area contributed by atoms with E-state index in [9.17, 15) is 43.2 Å². The van der Waals surface area contributed by atoms with Crippen LogP contribution in [0, 0.1) is 0 Å². The molecule has 0 heterocycles. The average Bonchev–Trinajstić information content (AvgIpc) is 1.05. The van der Waals surface area contributed by atoms with Crippen molar-refractivity contribution in [3.63, 3.8) is 0 Å². The van der Waals surface area contributed by atoms with E-state index >= 15 is 0 Å². The Bertz CT molecular complexity index is 2240. The summed E-state index contributed by atoms with van der Waals surface area (Å²) in [7, 11) is -9.96. The van der Waals surface area contributed by atoms with E-state index in [0.29, 0.717) is 25.7 Å². The van der Waals surface area contributed by atoms with Crippen molar-refractivity contribution in [3.8, 4) is 0 Å². The number of phosphoric acid groups is 2. The fourth-order valence-electron chi connectivity index (χ4n) is 10.1. The Morgan fingerprint density at radius 2 is 0.551 bits per heavy atom. The van der Waals surface area contributed by atoms with Gasteiger partial charge in [-0.3, -0.25) is 37.3 Å². The highest BCUT2D eigenvalue weighted by Crippen LogP contribution is 2.45. The Kier molecular flexibility index (Phi) is 68.4. The number of carbonyl (C=O) groups excluding carboxylic acids is 4. The van der Waals surface area contributed by atoms with Crippen LogP contribution in [0.2, 0.25) is 0 Å². The minimum atomic E-state index is -4.98. The second-order valence-electron chi connectivity index (χ2n) is 25.6. The number of rotatable bonds is 72. The Labute approximate surface area is 595 Å². The quantitative estimate of drug-likeness (QED) is 0.0169. The van der Waals surface area contributed by atoms with E-state index < -0.39 is 97.5 Å². The van der Waals surface area contributed by atoms with Gasteiger partial charge in [-0.15, -0.1) is 0 Å². The molecule has 5 unspecified atom stereocenters. The lowest BCUT2D eigenvalue weighted by Crippen LogP contribution is -2.30. The van der Waals surface area contributed by atoms with Crippen LogP contribution in [0.25, 0.3) is 0 Å². The summed E-state index contributed by atoms with van der Waals surface area (Å²) in [6.07, 6.45) is 73.9. The first-order valence-corrected chi connectivity index (χ1v) is 41.5. The zero-order chi connectivity index (χ0) is 71.8. The number of carbonyl (C=O) groups is 4. The van der Waals surface area contributed by atoms with E-state index in [2.05, 4.69) is 125 Å². The van der Waals surface area contributed by atoms with Gasteiger partial charge in [-0.2, -0.15) is 0 Å². The smallest absolute Gasteiger partial charge is 0.462 e. The first-order chi connectivity index (χ1) is 47.7. The van der Waals surface area contributed by atoms with Crippen LogP contribution >= 0.6 is 15.6 Å². The third kappa shape index (κ3) is 70.4. The first kappa shape index (κ1) is 94.0. The number of phosphoric ester groups is 2. The summed E-state index contributed by atoms with van der Waals surface area (Å²) in [4.78, 5) is 72.8. The molecule has 0 spiro atoms. The second kappa shape index (κ2) is 71.4. The fourth-order valence-corrected chi connectivity index (χ4v) is 11.7. The lowest BCUT2D eigenvalue weighted by atomic mass is 10.1. The summed E-state index contributed by atoms with van der Waals surface area (Å²) in [5, 5.41) is 10.6. The molecule has 0 amide bonds. The molecule has 0 fully saturated rings. The molecule has 0 saturated heterocycles. The van der Waals surface area contributed by atoms with Crippen molar-refractivity contribution in [2.75, 3.05) is 39.6 Å². The summed E-state index contributed by atoms with van der Waals surface area (Å²) in [5.41, 5.74) is 0. The number of allylic oxidation sites excluding steroid dienone is 16. The predicted octanol–water partition coefficient (Wildman–Crippen LogP) is 22.0. The molecule has 0 aromatic heterocycles. The number of hydrogen-bond donors (Lipinski definition) is 3. The SMILES string of the molecule is CC/C=C\C/C=C\C/C=C\C/C=C\CCCCCCC(=O)OCC(COP(=O)(O)OCC(O)COP(=O)(O)OCC(COC(=O)CCCCCCC/C=C\C/C=C\CCC)OC(=O)CCCCCCC/C=C\CCCCCC)OC(=O)CCCCCCC/C=C\CCCCCCCC. The minimum Gasteiger partial charge on any atom is -0.462 e. The zero-order valence-corrected chi connectivity index (χ0v) is 63.5. The second-order valence-corrected chi connectivity index (χ2v) is 28.5. The number of esters is 4. The molecule has 566 valence electrons. The molecule has 19 heteroatoms. The van der Waals surface area contributed by atoms with Gasteiger partial charge in [0.1, 0.15) is 19.3 Å². The van der Waals surface area contributed by atoms with Crippen molar-refractivity contribution in [2.45, 2.75) is 341 Å². The molecule has 0 aliphatic carbocycles. The van der Waals surface area contributed by atoms with Crippen molar-refractivity contribution in [1.82, 2.24) is 0 Å². The predicted molar refractivity (Wildman–Crippen MR) is 399 cm³/mol. The van der Waals surface area contributed by atoms with Gasteiger partial charge in [-0.25, -0.2) is 9.13 Å². The molecule has 0 aliphatic heterocycles. The Hall–Kier alpha value is -4.02. The molecular weight excluding hydrogens is 1280 g/mol. The molecule has 98 heavy (non-hydrogen) atoms. The van der Waals surface area contributed by atoms with E-state index in [1.165, 1.54) is 64.2 Å². The van der Waals surface area contributed by atoms with E-state index in [1.54, 1.807) is 0 Å². The van der Waals surface area contributed by atoms with Crippen LogP contribution in [-0.4, -0.2) is 96.7 Å². The lowest BCUT2D eigenvalue weighted by molar-refractivity contribution is -0.161. The highest BCUT2D eigenvalue weighted by Gasteiger charge is 2.30. The lowest BCUT2D eigenvalue weighted by Gasteiger charge is -2.21. The Morgan fingerprint density at radius 3 is 0.878 bits per heavy atom. The van der Waals surface area contributed by atoms with E-state index in [4.69, 9.17) is 37.0 Å². The molecule has 0 aromatic rings. The molecule has 0 radical (unpaired) electrons. The van der Waals surface area contributed by atoms with Crippen LogP contribution < -0.4 is 0 Å². The minimum absolute atomic E-state index is 0.0793. The fraction of sp³-hybridized carbons (Fsp3) is 0.747. The molecule has 3 N–H and O–H groups in total. The van der Waals surface area contributed by atoms with E-state index in [-0.39, 0.29) is 25.7 Å². The van der Waals surface area contributed by atoms with Crippen molar-refractivity contribution in [2.24, 2.45) is 0 Å². The van der Waals surface area contributed by atoms with Crippen molar-refractivity contribution >= 4 is 39.5 Å². The van der Waals surface area contributed by atoms with Crippen LogP contribution in [0.15, 0.2) is 97.2 Å². The van der Waals surface area contributed by atoms with Gasteiger partial charge in [0.25, 0.3) is 0 Å². The van der Waals surface area contributed by atoms with Crippen LogP contribution in [0.1, 0.15) is 323 Å². The summed E-state index contributed by atoms with van der Waals surface area (Å²) in [6, 6.07) is 0. The number of aliphatic hydroxyl groups is 1. The number of aliphatic hydroxyl groups excluding tert-OH is 1. The van der Waals surface area contributed by atoms with Crippen LogP contribution in [-0.2, 0) is 65.4 Å². The van der Waals surface area contributed by atoms with E-state index in [1.807, 2.05) is 0 Å². The van der Waals surface area contributed by atoms with Gasteiger partial charge >= 0.3 is 39.5 Å². The maximum Gasteiger partial charge on any atom is 0.472 e. The molecule has 0 saturated carbocycles. The third-order valence-electron chi connectivity index (χ3n) is 16.0. The van der Waals surface area contributed by atoms with Gasteiger partial charge in [0.15, 0.2) is 12.2 Å². The van der Waals surface area contributed by atoms with Gasteiger partial charge in [0, 0.05) is 25.7 Å². The highest BCUT2D eigenvalue weighted by atomic mass is 31.2. The largest absolute Gasteiger partial charge is 0.472 e. The van der Waals surface area contributed by atoms with Gasteiger partial charge in [-0.05, 0) is 141 Å². The highest BCUT2D eigenvalue weighted by molar-refractivity contribution is 7.47. The van der Waals surface area contributed by atoms with Gasteiger partial charge in [-0.1, -0.05) is 253 Å². The molecule has 17 nitrogen and oxygen atoms in total. The summed E-state index contributed by atoms with van der Waals surface area (Å²) in [6.45, 7) is 4.63. The zero-order valence-electron chi connectivity index (χ0n) is 61.7. The molecule has 0 aromatic carbocycles. The van der Waals surface area contributed by atoms with Gasteiger partial charge < -0.3 is 33.8 Å². The number of ether oxygens (including phenoxy) is 4. The summed E-state index contributed by atoms with van der Waals surface area (Å²) < 4.78 is 68.4. The Balaban J connectivity index is 5.37. The maximum atomic E-state index is 13.1.